The summed E-state index contributed by atoms with van der Waals surface area (Å²) < 4.78 is 28.2. The second-order valence-corrected chi connectivity index (χ2v) is 4.14. The Morgan fingerprint density at radius 1 is 0.800 bits per heavy atom. The molecule has 0 radical (unpaired) electrons. The van der Waals surface area contributed by atoms with Crippen LogP contribution in [-0.4, -0.2) is 11.7 Å². The summed E-state index contributed by atoms with van der Waals surface area (Å²) in [5, 5.41) is 10.4. The van der Waals surface area contributed by atoms with Gasteiger partial charge in [0, 0.05) is 24.0 Å². The van der Waals surface area contributed by atoms with E-state index >= 15 is 0 Å². The molecule has 2 unspecified atom stereocenters. The second-order valence-electron chi connectivity index (χ2n) is 4.14. The summed E-state index contributed by atoms with van der Waals surface area (Å²) in [7, 11) is 0. The molecule has 0 aliphatic rings. The van der Waals surface area contributed by atoms with Crippen LogP contribution in [0.5, 0.6) is 0 Å². The van der Waals surface area contributed by atoms with Crippen LogP contribution < -0.4 is 0 Å². The third-order valence-corrected chi connectivity index (χ3v) is 2.90. The molecule has 2 rings (SSSR count). The van der Waals surface area contributed by atoms with Gasteiger partial charge in [-0.2, -0.15) is 0 Å². The van der Waals surface area contributed by atoms with Gasteiger partial charge in [-0.3, -0.25) is 0 Å². The van der Waals surface area contributed by atoms with Crippen LogP contribution in [-0.2, 0) is 36.1 Å². The van der Waals surface area contributed by atoms with E-state index in [0.29, 0.717) is 6.61 Å². The topological polar surface area (TPSA) is 89.2 Å². The predicted octanol–water partition coefficient (Wildman–Crippen LogP) is 3.38. The standard InChI is InChI=1S/C16H18O2.3CO.Cr/c1-2-18-16(14-11-7-4-8-12-14)15(17)13-9-5-3-6-10-13;3*1-2;/h3-12,15-17H,2H2,1H3;;;;. The molecule has 0 aromatic heterocycles. The zero-order valence-electron chi connectivity index (χ0n) is 13.6. The second kappa shape index (κ2) is 20.2. The van der Waals surface area contributed by atoms with Gasteiger partial charge in [-0.25, -0.2) is 0 Å². The zero-order chi connectivity index (χ0) is 18.8. The van der Waals surface area contributed by atoms with Gasteiger partial charge in [0.2, 0.25) is 0 Å². The predicted molar refractivity (Wildman–Crippen MR) is 84.0 cm³/mol. The quantitative estimate of drug-likeness (QED) is 0.638. The van der Waals surface area contributed by atoms with Gasteiger partial charge in [0.1, 0.15) is 12.2 Å². The van der Waals surface area contributed by atoms with E-state index in [9.17, 15) is 5.11 Å². The van der Waals surface area contributed by atoms with E-state index in [4.69, 9.17) is 18.7 Å². The maximum Gasteiger partial charge on any atom is 0 e. The minimum Gasteiger partial charge on any atom is 0 e. The van der Waals surface area contributed by atoms with Crippen molar-refractivity contribution in [1.82, 2.24) is 0 Å². The van der Waals surface area contributed by atoms with Gasteiger partial charge in [-0.05, 0) is 18.1 Å². The molecule has 0 aliphatic carbocycles. The van der Waals surface area contributed by atoms with E-state index in [1.165, 1.54) is 0 Å². The summed E-state index contributed by atoms with van der Waals surface area (Å²) in [6.07, 6.45) is -0.966. The molecule has 0 bridgehead atoms. The first-order valence-electron chi connectivity index (χ1n) is 6.83. The van der Waals surface area contributed by atoms with Crippen molar-refractivity contribution in [3.63, 3.8) is 0 Å². The zero-order valence-corrected chi connectivity index (χ0v) is 14.9. The van der Waals surface area contributed by atoms with Gasteiger partial charge in [0.25, 0.3) is 0 Å². The Hall–Kier alpha value is -1.89. The first-order chi connectivity index (χ1) is 11.8. The average molecular weight is 378 g/mol. The number of hydrogen-bond acceptors (Lipinski definition) is 2. The van der Waals surface area contributed by atoms with Crippen molar-refractivity contribution in [3.05, 3.63) is 91.7 Å². The Balaban J connectivity index is -0.000000626. The molecular weight excluding hydrogens is 360 g/mol. The van der Waals surface area contributed by atoms with E-state index in [2.05, 4.69) is 20.0 Å². The largest absolute Gasteiger partial charge is 0 e. The molecule has 0 saturated carbocycles. The monoisotopic (exact) mass is 378 g/mol. The van der Waals surface area contributed by atoms with Crippen LogP contribution in [0.25, 0.3) is 0 Å². The van der Waals surface area contributed by atoms with E-state index in [0.717, 1.165) is 11.1 Å². The first-order valence-corrected chi connectivity index (χ1v) is 6.83. The smallest absolute Gasteiger partial charge is 0 e. The van der Waals surface area contributed by atoms with E-state index in [-0.39, 0.29) is 23.5 Å². The van der Waals surface area contributed by atoms with E-state index in [1.807, 2.05) is 67.6 Å². The van der Waals surface area contributed by atoms with Gasteiger partial charge in [-0.1, -0.05) is 60.7 Å². The summed E-state index contributed by atoms with van der Waals surface area (Å²) in [5.41, 5.74) is 1.87. The summed E-state index contributed by atoms with van der Waals surface area (Å²) in [6, 6.07) is 19.4. The Morgan fingerprint density at radius 2 is 1.16 bits per heavy atom. The van der Waals surface area contributed by atoms with Crippen LogP contribution in [0, 0.1) is 20.0 Å². The number of aliphatic hydroxyl groups is 1. The molecule has 0 amide bonds. The summed E-state index contributed by atoms with van der Waals surface area (Å²) in [5.74, 6) is 0. The van der Waals surface area contributed by atoms with Gasteiger partial charge in [-0.15, -0.1) is 0 Å². The summed E-state index contributed by atoms with van der Waals surface area (Å²) >= 11 is 0. The molecule has 130 valence electrons. The van der Waals surface area contributed by atoms with Crippen molar-refractivity contribution >= 4 is 0 Å². The molecule has 5 nitrogen and oxygen atoms in total. The number of hydrogen-bond donors (Lipinski definition) is 1. The molecule has 2 atom stereocenters. The number of rotatable bonds is 5. The number of benzene rings is 2. The van der Waals surface area contributed by atoms with Gasteiger partial charge in [0.15, 0.2) is 0 Å². The third-order valence-electron chi connectivity index (χ3n) is 2.90. The van der Waals surface area contributed by atoms with Crippen LogP contribution in [0.2, 0.25) is 0 Å². The Bertz CT molecular complexity index is 567. The molecular formula is C19H18CrO5. The van der Waals surface area contributed by atoms with Crippen molar-refractivity contribution in [2.45, 2.75) is 19.1 Å². The molecule has 6 heteroatoms. The van der Waals surface area contributed by atoms with Crippen LogP contribution in [0.4, 0.5) is 0 Å². The summed E-state index contributed by atoms with van der Waals surface area (Å²) in [6.45, 7) is 16.0. The molecule has 2 aromatic rings. The van der Waals surface area contributed by atoms with Gasteiger partial charge < -0.3 is 9.84 Å². The maximum atomic E-state index is 10.4. The van der Waals surface area contributed by atoms with E-state index < -0.39 is 6.10 Å². The van der Waals surface area contributed by atoms with E-state index in [1.54, 1.807) is 0 Å². The fraction of sp³-hybridized carbons (Fsp3) is 0.211. The Labute approximate surface area is 158 Å². The average Bonchev–Trinajstić information content (AvgIpc) is 2.71. The number of ether oxygens (including phenoxy) is 1. The first kappa shape index (κ1) is 27.9. The normalized spacial score (nSPS) is 10.4. The van der Waals surface area contributed by atoms with Crippen molar-refractivity contribution in [2.75, 3.05) is 6.61 Å². The van der Waals surface area contributed by atoms with Crippen molar-refractivity contribution in [3.8, 4) is 0 Å². The van der Waals surface area contributed by atoms with Crippen LogP contribution in [0.1, 0.15) is 30.3 Å². The van der Waals surface area contributed by atoms with Gasteiger partial charge in [0.05, 0.1) is 0 Å². The van der Waals surface area contributed by atoms with Crippen molar-refractivity contribution in [2.24, 2.45) is 0 Å². The maximum absolute atomic E-state index is 10.4. The molecule has 0 saturated heterocycles. The fourth-order valence-corrected chi connectivity index (χ4v) is 2.02. The van der Waals surface area contributed by atoms with Gasteiger partial charge >= 0.3 is 33.9 Å². The Morgan fingerprint density at radius 3 is 1.52 bits per heavy atom. The third kappa shape index (κ3) is 10.6. The SMILES string of the molecule is CCOC(c1ccccc1)C(O)c1ccccc1.[C-]#[O+].[C-]#[O+].[C-]#[O+].[Cr]. The molecule has 0 spiro atoms. The molecule has 2 aromatic carbocycles. The van der Waals surface area contributed by atoms with Crippen molar-refractivity contribution in [1.29, 1.82) is 0 Å². The van der Waals surface area contributed by atoms with Crippen molar-refractivity contribution < 1.29 is 41.2 Å². The van der Waals surface area contributed by atoms with Crippen LogP contribution in [0.3, 0.4) is 0 Å². The van der Waals surface area contributed by atoms with Crippen LogP contribution >= 0.6 is 0 Å². The summed E-state index contributed by atoms with van der Waals surface area (Å²) in [4.78, 5) is 0. The fourth-order valence-electron chi connectivity index (χ4n) is 2.02. The minimum absolute atomic E-state index is 0. The minimum atomic E-state index is -0.645. The molecule has 0 heterocycles. The molecule has 25 heavy (non-hydrogen) atoms. The molecule has 0 fully saturated rings. The molecule has 1 N–H and O–H groups in total. The molecule has 0 aliphatic heterocycles. The Kier molecular flexibility index (Phi) is 22.5. The number of aliphatic hydroxyl groups excluding tert-OH is 1. The van der Waals surface area contributed by atoms with Crippen LogP contribution in [0.15, 0.2) is 60.7 Å².